The first-order chi connectivity index (χ1) is 3.71. The number of nitrogens with zero attached hydrogens (tertiary/aromatic N) is 1. The normalized spacial score (nSPS) is 27.8. The molecular formula is C5H13NO2. The van der Waals surface area contributed by atoms with Gasteiger partial charge in [-0.15, -0.1) is 0 Å². The Kier molecular flexibility index (Phi) is 1.51. The van der Waals surface area contributed by atoms with Gasteiger partial charge in [-0.3, -0.25) is 0 Å². The summed E-state index contributed by atoms with van der Waals surface area (Å²) in [6.07, 6.45) is 0. The lowest BCUT2D eigenvalue weighted by Gasteiger charge is -2.41. The minimum Gasteiger partial charge on any atom is -0.633 e. The van der Waals surface area contributed by atoms with Gasteiger partial charge in [0.2, 0.25) is 0 Å². The van der Waals surface area contributed by atoms with Gasteiger partial charge >= 0.3 is 0 Å². The molecule has 1 aliphatic rings. The highest BCUT2D eigenvalue weighted by Gasteiger charge is 2.13. The van der Waals surface area contributed by atoms with E-state index < -0.39 is 0 Å². The first kappa shape index (κ1) is 6.01. The second-order valence-corrected chi connectivity index (χ2v) is 2.36. The summed E-state index contributed by atoms with van der Waals surface area (Å²) >= 11 is 0. The molecule has 1 heterocycles. The van der Waals surface area contributed by atoms with Crippen LogP contribution in [0.1, 0.15) is 1.43 Å². The highest BCUT2D eigenvalue weighted by molar-refractivity contribution is 4.44. The summed E-state index contributed by atoms with van der Waals surface area (Å²) in [6, 6.07) is 0. The van der Waals surface area contributed by atoms with Gasteiger partial charge in [-0.2, -0.15) is 0 Å². The lowest BCUT2D eigenvalue weighted by Crippen LogP contribution is -2.46. The Morgan fingerprint density at radius 1 is 1.50 bits per heavy atom. The first-order valence-corrected chi connectivity index (χ1v) is 2.84. The SMILES string of the molecule is C[N+]1([O-])CCOCC1.[HH]. The number of rotatable bonds is 0. The second-order valence-electron chi connectivity index (χ2n) is 2.36. The molecule has 1 fully saturated rings. The van der Waals surface area contributed by atoms with Crippen molar-refractivity contribution in [2.75, 3.05) is 33.4 Å². The van der Waals surface area contributed by atoms with E-state index in [-0.39, 0.29) is 6.07 Å². The minimum atomic E-state index is -0.125. The maximum Gasteiger partial charge on any atom is 0.102 e. The summed E-state index contributed by atoms with van der Waals surface area (Å²) in [6.45, 7) is 2.47. The van der Waals surface area contributed by atoms with Crippen molar-refractivity contribution in [2.24, 2.45) is 0 Å². The van der Waals surface area contributed by atoms with Crippen LogP contribution in [0.3, 0.4) is 0 Å². The van der Waals surface area contributed by atoms with Gasteiger partial charge in [-0.1, -0.05) is 0 Å². The van der Waals surface area contributed by atoms with Crippen LogP contribution in [0.15, 0.2) is 0 Å². The molecule has 0 aromatic heterocycles. The molecule has 0 unspecified atom stereocenters. The van der Waals surface area contributed by atoms with E-state index in [0.29, 0.717) is 26.3 Å². The molecule has 0 saturated carbocycles. The van der Waals surface area contributed by atoms with Gasteiger partial charge in [0.05, 0.1) is 20.3 Å². The minimum absolute atomic E-state index is 0. The topological polar surface area (TPSA) is 32.3 Å². The number of hydroxylamine groups is 3. The van der Waals surface area contributed by atoms with Crippen LogP contribution in [0.5, 0.6) is 0 Å². The zero-order chi connectivity index (χ0) is 6.04. The van der Waals surface area contributed by atoms with E-state index in [9.17, 15) is 5.21 Å². The lowest BCUT2D eigenvalue weighted by molar-refractivity contribution is -0.869. The molecule has 1 rings (SSSR count). The fourth-order valence-electron chi connectivity index (χ4n) is 0.729. The first-order valence-electron chi connectivity index (χ1n) is 2.84. The number of likely N-dealkylation sites (N-methyl/N-ethyl adjacent to an activating group) is 1. The molecule has 0 aromatic carbocycles. The average molecular weight is 119 g/mol. The summed E-state index contributed by atoms with van der Waals surface area (Å²) in [5.74, 6) is 0. The molecule has 3 nitrogen and oxygen atoms in total. The molecule has 0 bridgehead atoms. The molecular weight excluding hydrogens is 106 g/mol. The molecule has 0 aromatic rings. The quantitative estimate of drug-likeness (QED) is 0.337. The molecule has 0 atom stereocenters. The highest BCUT2D eigenvalue weighted by atomic mass is 16.6. The number of hydrogen-bond donors (Lipinski definition) is 0. The maximum absolute atomic E-state index is 11.0. The van der Waals surface area contributed by atoms with Crippen LogP contribution >= 0.6 is 0 Å². The monoisotopic (exact) mass is 119 g/mol. The van der Waals surface area contributed by atoms with Gasteiger partial charge in [-0.25, -0.2) is 0 Å². The number of morpholine rings is 1. The van der Waals surface area contributed by atoms with Gasteiger partial charge in [0, 0.05) is 1.43 Å². The van der Waals surface area contributed by atoms with Crippen LogP contribution in [0, 0.1) is 5.21 Å². The van der Waals surface area contributed by atoms with Crippen LogP contribution in [-0.2, 0) is 4.74 Å². The predicted octanol–water partition coefficient (Wildman–Crippen LogP) is 0.207. The van der Waals surface area contributed by atoms with Crippen LogP contribution < -0.4 is 0 Å². The van der Waals surface area contributed by atoms with Crippen LogP contribution in [0.25, 0.3) is 0 Å². The molecule has 1 saturated heterocycles. The molecule has 0 aliphatic carbocycles. The Balaban J connectivity index is 0.000000640. The van der Waals surface area contributed by atoms with Crippen molar-refractivity contribution in [1.29, 1.82) is 0 Å². The zero-order valence-electron chi connectivity index (χ0n) is 5.09. The summed E-state index contributed by atoms with van der Waals surface area (Å²) in [7, 11) is 1.68. The van der Waals surface area contributed by atoms with Gasteiger partial charge < -0.3 is 14.6 Å². The van der Waals surface area contributed by atoms with Crippen LogP contribution in [-0.4, -0.2) is 38.0 Å². The number of ether oxygens (including phenoxy) is 1. The molecule has 1 aliphatic heterocycles. The van der Waals surface area contributed by atoms with E-state index >= 15 is 0 Å². The number of quaternary nitrogens is 1. The van der Waals surface area contributed by atoms with Crippen molar-refractivity contribution in [2.45, 2.75) is 0 Å². The molecule has 50 valence electrons. The van der Waals surface area contributed by atoms with Crippen molar-refractivity contribution in [3.63, 3.8) is 0 Å². The standard InChI is InChI=1S/C5H11NO2.H2/c1-6(7)2-4-8-5-3-6;/h2-5H2,1H3;1H. The van der Waals surface area contributed by atoms with E-state index in [1.54, 1.807) is 7.05 Å². The maximum atomic E-state index is 11.0. The van der Waals surface area contributed by atoms with E-state index in [1.165, 1.54) is 0 Å². The zero-order valence-corrected chi connectivity index (χ0v) is 5.09. The summed E-state index contributed by atoms with van der Waals surface area (Å²) in [5, 5.41) is 11.0. The van der Waals surface area contributed by atoms with Crippen molar-refractivity contribution in [1.82, 2.24) is 0 Å². The molecule has 3 heteroatoms. The Morgan fingerprint density at radius 3 is 2.25 bits per heavy atom. The fourth-order valence-corrected chi connectivity index (χ4v) is 0.729. The third kappa shape index (κ3) is 1.43. The van der Waals surface area contributed by atoms with Crippen molar-refractivity contribution >= 4 is 0 Å². The van der Waals surface area contributed by atoms with Crippen molar-refractivity contribution < 1.29 is 10.8 Å². The Hall–Kier alpha value is -0.120. The van der Waals surface area contributed by atoms with Gasteiger partial charge in [0.25, 0.3) is 0 Å². The van der Waals surface area contributed by atoms with Crippen molar-refractivity contribution in [3.8, 4) is 0 Å². The van der Waals surface area contributed by atoms with Crippen LogP contribution in [0.4, 0.5) is 0 Å². The summed E-state index contributed by atoms with van der Waals surface area (Å²) < 4.78 is 4.86. The Bertz CT molecular complexity index is 79.0. The predicted molar refractivity (Wildman–Crippen MR) is 32.2 cm³/mol. The fraction of sp³-hybridized carbons (Fsp3) is 1.00. The van der Waals surface area contributed by atoms with Gasteiger partial charge in [-0.05, 0) is 0 Å². The lowest BCUT2D eigenvalue weighted by atomic mass is 10.4. The third-order valence-corrected chi connectivity index (χ3v) is 1.42. The Morgan fingerprint density at radius 2 is 2.00 bits per heavy atom. The van der Waals surface area contributed by atoms with E-state index in [1.807, 2.05) is 0 Å². The van der Waals surface area contributed by atoms with Gasteiger partial charge in [0.1, 0.15) is 13.1 Å². The molecule has 0 N–H and O–H groups in total. The largest absolute Gasteiger partial charge is 0.633 e. The molecule has 0 radical (unpaired) electrons. The second kappa shape index (κ2) is 2.01. The van der Waals surface area contributed by atoms with Crippen molar-refractivity contribution in [3.05, 3.63) is 5.21 Å². The molecule has 0 amide bonds. The third-order valence-electron chi connectivity index (χ3n) is 1.42. The highest BCUT2D eigenvalue weighted by Crippen LogP contribution is 2.02. The van der Waals surface area contributed by atoms with E-state index in [0.717, 1.165) is 0 Å². The average Bonchev–Trinajstić information content (AvgIpc) is 1.65. The summed E-state index contributed by atoms with van der Waals surface area (Å²) in [4.78, 5) is 0. The molecule has 0 spiro atoms. The van der Waals surface area contributed by atoms with E-state index in [4.69, 9.17) is 4.74 Å². The van der Waals surface area contributed by atoms with Crippen LogP contribution in [0.2, 0.25) is 0 Å². The smallest absolute Gasteiger partial charge is 0.102 e. The van der Waals surface area contributed by atoms with Gasteiger partial charge in [0.15, 0.2) is 0 Å². The van der Waals surface area contributed by atoms with E-state index in [2.05, 4.69) is 0 Å². The summed E-state index contributed by atoms with van der Waals surface area (Å²) in [5.41, 5.74) is 0. The Labute approximate surface area is 50.5 Å². The molecule has 8 heavy (non-hydrogen) atoms. The number of hydrogen-bond acceptors (Lipinski definition) is 2.